The first-order chi connectivity index (χ1) is 12.6. The fraction of sp³-hybridized carbons (Fsp3) is 0.278. The van der Waals surface area contributed by atoms with Gasteiger partial charge in [-0.25, -0.2) is 9.78 Å². The highest BCUT2D eigenvalue weighted by molar-refractivity contribution is 5.99. The van der Waals surface area contributed by atoms with Crippen molar-refractivity contribution in [2.24, 2.45) is 0 Å². The van der Waals surface area contributed by atoms with Crippen LogP contribution in [0.2, 0.25) is 0 Å². The number of nitrogens with one attached hydrogen (secondary N) is 2. The summed E-state index contributed by atoms with van der Waals surface area (Å²) in [5.41, 5.74) is -2.31. The largest absolute Gasteiger partial charge is 0.466 e. The first-order valence-corrected chi connectivity index (χ1v) is 7.85. The molecule has 0 bridgehead atoms. The van der Waals surface area contributed by atoms with Gasteiger partial charge in [-0.15, -0.1) is 0 Å². The second-order valence-electron chi connectivity index (χ2n) is 5.85. The number of benzene rings is 1. The van der Waals surface area contributed by atoms with E-state index in [9.17, 15) is 22.8 Å². The molecule has 0 saturated heterocycles. The van der Waals surface area contributed by atoms with Gasteiger partial charge in [0.05, 0.1) is 7.11 Å². The Morgan fingerprint density at radius 2 is 1.67 bits per heavy atom. The van der Waals surface area contributed by atoms with E-state index in [4.69, 9.17) is 0 Å². The number of amides is 1. The molecule has 0 fully saturated rings. The van der Waals surface area contributed by atoms with E-state index >= 15 is 0 Å². The number of pyridine rings is 1. The monoisotopic (exact) mass is 381 g/mol. The van der Waals surface area contributed by atoms with Crippen molar-refractivity contribution in [2.45, 2.75) is 25.7 Å². The third kappa shape index (κ3) is 4.36. The van der Waals surface area contributed by atoms with Crippen molar-refractivity contribution in [3.8, 4) is 0 Å². The Morgan fingerprint density at radius 3 is 2.19 bits per heavy atom. The first-order valence-electron chi connectivity index (χ1n) is 7.85. The van der Waals surface area contributed by atoms with Crippen LogP contribution in [0.1, 0.15) is 21.6 Å². The molecule has 2 N–H and O–H groups in total. The van der Waals surface area contributed by atoms with E-state index in [1.165, 1.54) is 24.3 Å². The van der Waals surface area contributed by atoms with Gasteiger partial charge in [0.25, 0.3) is 5.91 Å². The van der Waals surface area contributed by atoms with Gasteiger partial charge in [0.1, 0.15) is 5.82 Å². The molecule has 0 aliphatic heterocycles. The van der Waals surface area contributed by atoms with Crippen LogP contribution in [0.4, 0.5) is 19.0 Å². The highest BCUT2D eigenvalue weighted by Crippen LogP contribution is 2.33. The fourth-order valence-corrected chi connectivity index (χ4v) is 2.30. The van der Waals surface area contributed by atoms with E-state index in [2.05, 4.69) is 9.72 Å². The number of halogens is 3. The van der Waals surface area contributed by atoms with E-state index in [1.807, 2.05) is 5.32 Å². The number of rotatable bonds is 5. The molecule has 2 rings (SSSR count). The lowest BCUT2D eigenvalue weighted by atomic mass is 10.1. The lowest BCUT2D eigenvalue weighted by molar-refractivity contribution is -0.203. The van der Waals surface area contributed by atoms with Crippen LogP contribution in [0.15, 0.2) is 42.5 Å². The number of anilines is 1. The zero-order chi connectivity index (χ0) is 20.2. The number of hydrogen-bond donors (Lipinski definition) is 2. The van der Waals surface area contributed by atoms with Crippen LogP contribution < -0.4 is 10.6 Å². The number of esters is 1. The van der Waals surface area contributed by atoms with E-state index in [0.717, 1.165) is 12.7 Å². The van der Waals surface area contributed by atoms with Crippen LogP contribution in [0.5, 0.6) is 0 Å². The zero-order valence-electron chi connectivity index (χ0n) is 14.8. The van der Waals surface area contributed by atoms with Gasteiger partial charge in [-0.05, 0) is 38.1 Å². The Morgan fingerprint density at radius 1 is 1.04 bits per heavy atom. The average Bonchev–Trinajstić information content (AvgIpc) is 2.60. The third-order valence-corrected chi connectivity index (χ3v) is 3.74. The highest BCUT2D eigenvalue weighted by atomic mass is 19.4. The lowest BCUT2D eigenvalue weighted by Crippen LogP contribution is -2.69. The van der Waals surface area contributed by atoms with Gasteiger partial charge in [-0.2, -0.15) is 13.2 Å². The molecule has 27 heavy (non-hydrogen) atoms. The normalized spacial score (nSPS) is 13.4. The van der Waals surface area contributed by atoms with Crippen LogP contribution in [-0.2, 0) is 9.53 Å². The second kappa shape index (κ2) is 7.65. The number of alkyl halides is 3. The summed E-state index contributed by atoms with van der Waals surface area (Å²) in [7, 11) is 0.798. The van der Waals surface area contributed by atoms with Crippen molar-refractivity contribution < 1.29 is 27.5 Å². The summed E-state index contributed by atoms with van der Waals surface area (Å²) in [5, 5.41) is 3.73. The van der Waals surface area contributed by atoms with Gasteiger partial charge in [0.2, 0.25) is 0 Å². The van der Waals surface area contributed by atoms with Crippen LogP contribution in [-0.4, -0.2) is 35.8 Å². The molecule has 0 aliphatic rings. The summed E-state index contributed by atoms with van der Waals surface area (Å²) in [6.07, 6.45) is -5.22. The first kappa shape index (κ1) is 20.2. The van der Waals surface area contributed by atoms with Gasteiger partial charge < -0.3 is 15.4 Å². The summed E-state index contributed by atoms with van der Waals surface area (Å²) < 4.78 is 46.1. The summed E-state index contributed by atoms with van der Waals surface area (Å²) >= 11 is 0. The predicted octanol–water partition coefficient (Wildman–Crippen LogP) is 2.97. The second-order valence-corrected chi connectivity index (χ2v) is 5.85. The summed E-state index contributed by atoms with van der Waals surface area (Å²) in [6, 6.07) is 10.1. The maximum atomic E-state index is 13.9. The van der Waals surface area contributed by atoms with E-state index in [1.54, 1.807) is 37.4 Å². The molecule has 0 radical (unpaired) electrons. The van der Waals surface area contributed by atoms with Gasteiger partial charge in [0.15, 0.2) is 0 Å². The Labute approximate surface area is 153 Å². The maximum absolute atomic E-state index is 13.9. The van der Waals surface area contributed by atoms with Crippen LogP contribution in [0, 0.1) is 13.8 Å². The van der Waals surface area contributed by atoms with Crippen LogP contribution >= 0.6 is 0 Å². The van der Waals surface area contributed by atoms with Crippen molar-refractivity contribution >= 4 is 17.7 Å². The topological polar surface area (TPSA) is 80.3 Å². The molecule has 1 heterocycles. The Balaban J connectivity index is 2.48. The number of ether oxygens (including phenoxy) is 1. The molecule has 1 atom stereocenters. The molecule has 1 aromatic carbocycles. The highest BCUT2D eigenvalue weighted by Gasteiger charge is 2.63. The average molecular weight is 381 g/mol. The molecule has 0 unspecified atom stereocenters. The molecule has 144 valence electrons. The van der Waals surface area contributed by atoms with Gasteiger partial charge >= 0.3 is 17.8 Å². The Kier molecular flexibility index (Phi) is 5.72. The molecular formula is C18H18F3N3O3. The predicted molar refractivity (Wildman–Crippen MR) is 92.0 cm³/mol. The molecule has 0 aliphatic carbocycles. The van der Waals surface area contributed by atoms with Crippen molar-refractivity contribution in [3.63, 3.8) is 0 Å². The summed E-state index contributed by atoms with van der Waals surface area (Å²) in [6.45, 7) is 3.34. The van der Waals surface area contributed by atoms with Crippen LogP contribution in [0.3, 0.4) is 0 Å². The van der Waals surface area contributed by atoms with Crippen molar-refractivity contribution in [2.75, 3.05) is 12.4 Å². The number of nitrogens with zero attached hydrogens (tertiary/aromatic N) is 1. The maximum Gasteiger partial charge on any atom is 0.441 e. The smallest absolute Gasteiger partial charge is 0.441 e. The molecule has 2 aromatic rings. The quantitative estimate of drug-likeness (QED) is 0.615. The minimum atomic E-state index is -5.22. The van der Waals surface area contributed by atoms with E-state index in [0.29, 0.717) is 5.69 Å². The number of aryl methyl sites for hydroxylation is 2. The van der Waals surface area contributed by atoms with Crippen molar-refractivity contribution in [1.82, 2.24) is 10.3 Å². The van der Waals surface area contributed by atoms with Gasteiger partial charge in [-0.3, -0.25) is 4.79 Å². The zero-order valence-corrected chi connectivity index (χ0v) is 14.8. The minimum Gasteiger partial charge on any atom is -0.466 e. The molecule has 9 heteroatoms. The molecule has 6 nitrogen and oxygen atoms in total. The minimum absolute atomic E-state index is 0.0443. The van der Waals surface area contributed by atoms with E-state index < -0.39 is 23.7 Å². The summed E-state index contributed by atoms with van der Waals surface area (Å²) in [5.74, 6) is -3.07. The van der Waals surface area contributed by atoms with Gasteiger partial charge in [0, 0.05) is 11.3 Å². The lowest BCUT2D eigenvalue weighted by Gasteiger charge is -2.34. The SMILES string of the molecule is COC(=O)[C@](NC(=O)c1ccc(C)cc1)(Nc1cccc(C)n1)C(F)(F)F. The number of aromatic nitrogens is 1. The van der Waals surface area contributed by atoms with Crippen LogP contribution in [0.25, 0.3) is 0 Å². The third-order valence-electron chi connectivity index (χ3n) is 3.74. The molecular weight excluding hydrogens is 363 g/mol. The number of carbonyl (C=O) groups is 2. The van der Waals surface area contributed by atoms with E-state index in [-0.39, 0.29) is 11.4 Å². The number of hydrogen-bond acceptors (Lipinski definition) is 5. The number of methoxy groups -OCH3 is 1. The Bertz CT molecular complexity index is 838. The molecule has 0 saturated carbocycles. The molecule has 0 spiro atoms. The fourth-order valence-electron chi connectivity index (χ4n) is 2.30. The standard InChI is InChI=1S/C18H18F3N3O3/c1-11-7-9-13(10-8-11)15(25)24-17(16(26)27-3,18(19,20)21)23-14-6-4-5-12(2)22-14/h4-10H,1-3H3,(H,22,23)(H,24,25)/t17-/m1/s1. The molecule has 1 amide bonds. The molecule has 1 aromatic heterocycles. The Hall–Kier alpha value is -3.10. The number of carbonyl (C=O) groups excluding carboxylic acids is 2. The van der Waals surface area contributed by atoms with Gasteiger partial charge in [-0.1, -0.05) is 23.8 Å². The van der Waals surface area contributed by atoms with Crippen molar-refractivity contribution in [1.29, 1.82) is 0 Å². The van der Waals surface area contributed by atoms with Crippen molar-refractivity contribution in [3.05, 3.63) is 59.3 Å². The summed E-state index contributed by atoms with van der Waals surface area (Å²) in [4.78, 5) is 28.5.